The molecule has 3 aliphatic rings. The van der Waals surface area contributed by atoms with Crippen molar-refractivity contribution in [3.63, 3.8) is 0 Å². The molecule has 0 bridgehead atoms. The summed E-state index contributed by atoms with van der Waals surface area (Å²) in [6.45, 7) is 2.23. The van der Waals surface area contributed by atoms with Gasteiger partial charge in [-0.1, -0.05) is 19.4 Å². The van der Waals surface area contributed by atoms with Crippen LogP contribution < -0.4 is 5.32 Å². The lowest BCUT2D eigenvalue weighted by Crippen LogP contribution is -2.34. The fraction of sp³-hybridized carbons (Fsp3) is 0.643. The summed E-state index contributed by atoms with van der Waals surface area (Å²) in [5.74, 6) is 1.09. The van der Waals surface area contributed by atoms with Crippen molar-refractivity contribution in [3.05, 3.63) is 22.4 Å². The molecule has 1 amide bonds. The molecule has 3 nitrogen and oxygen atoms in total. The third-order valence-electron chi connectivity index (χ3n) is 4.66. The molecular formula is C14H18N2OS. The Morgan fingerprint density at radius 3 is 2.94 bits per heavy atom. The van der Waals surface area contributed by atoms with Crippen LogP contribution in [0.2, 0.25) is 0 Å². The quantitative estimate of drug-likeness (QED) is 0.907. The van der Waals surface area contributed by atoms with E-state index in [-0.39, 0.29) is 11.7 Å². The molecule has 1 aromatic heterocycles. The van der Waals surface area contributed by atoms with Crippen molar-refractivity contribution in [2.45, 2.75) is 50.4 Å². The Bertz CT molecular complexity index is 480. The molecule has 1 N–H and O–H groups in total. The van der Waals surface area contributed by atoms with E-state index in [4.69, 9.17) is 0 Å². The Balaban J connectivity index is 1.66. The van der Waals surface area contributed by atoms with Crippen molar-refractivity contribution in [3.8, 4) is 0 Å². The number of amides is 1. The molecule has 2 aliphatic carbocycles. The minimum atomic E-state index is -0.185. The molecule has 4 rings (SSSR count). The predicted molar refractivity (Wildman–Crippen MR) is 71.2 cm³/mol. The molecule has 0 aromatic carbocycles. The normalized spacial score (nSPS) is 36.4. The first-order valence-corrected chi connectivity index (χ1v) is 7.77. The van der Waals surface area contributed by atoms with Gasteiger partial charge >= 0.3 is 0 Å². The maximum Gasteiger partial charge on any atom is 0.244 e. The summed E-state index contributed by atoms with van der Waals surface area (Å²) in [7, 11) is 0. The first-order valence-electron chi connectivity index (χ1n) is 6.89. The zero-order valence-electron chi connectivity index (χ0n) is 10.6. The van der Waals surface area contributed by atoms with Crippen molar-refractivity contribution in [2.75, 3.05) is 0 Å². The van der Waals surface area contributed by atoms with Crippen molar-refractivity contribution >= 4 is 17.2 Å². The number of rotatable bonds is 3. The van der Waals surface area contributed by atoms with Gasteiger partial charge in [0, 0.05) is 10.9 Å². The zero-order chi connectivity index (χ0) is 12.3. The van der Waals surface area contributed by atoms with E-state index >= 15 is 0 Å². The van der Waals surface area contributed by atoms with Crippen LogP contribution in [0.25, 0.3) is 0 Å². The van der Waals surface area contributed by atoms with Crippen LogP contribution in [0.5, 0.6) is 0 Å². The summed E-state index contributed by atoms with van der Waals surface area (Å²) in [6, 6.07) is 4.71. The van der Waals surface area contributed by atoms with Gasteiger partial charge in [0.15, 0.2) is 0 Å². The standard InChI is InChI=1S/C14H18N2OS/c1-2-9-8-10(9)16-12(11-4-3-7-18-11)15-14(5-6-14)13(16)17/h3-4,7,9-10,12,15H,2,5-6,8H2,1H3. The average molecular weight is 262 g/mol. The van der Waals surface area contributed by atoms with Gasteiger partial charge in [-0.3, -0.25) is 10.1 Å². The molecule has 3 fully saturated rings. The van der Waals surface area contributed by atoms with E-state index < -0.39 is 0 Å². The summed E-state index contributed by atoms with van der Waals surface area (Å²) in [5.41, 5.74) is -0.185. The zero-order valence-corrected chi connectivity index (χ0v) is 11.4. The number of carbonyl (C=O) groups excluding carboxylic acids is 1. The molecule has 96 valence electrons. The molecule has 1 spiro atoms. The largest absolute Gasteiger partial charge is 0.317 e. The first kappa shape index (κ1) is 11.0. The van der Waals surface area contributed by atoms with Gasteiger partial charge in [-0.15, -0.1) is 11.3 Å². The van der Waals surface area contributed by atoms with Crippen LogP contribution in [-0.4, -0.2) is 22.4 Å². The third kappa shape index (κ3) is 1.42. The fourth-order valence-electron chi connectivity index (χ4n) is 3.25. The molecule has 2 heterocycles. The fourth-order valence-corrected chi connectivity index (χ4v) is 4.02. The van der Waals surface area contributed by atoms with Crippen LogP contribution in [0.15, 0.2) is 17.5 Å². The first-order chi connectivity index (χ1) is 8.75. The van der Waals surface area contributed by atoms with Crippen molar-refractivity contribution < 1.29 is 4.79 Å². The second-order valence-corrected chi connectivity index (χ2v) is 6.81. The second kappa shape index (κ2) is 3.58. The summed E-state index contributed by atoms with van der Waals surface area (Å²) in [5, 5.41) is 5.70. The lowest BCUT2D eigenvalue weighted by molar-refractivity contribution is -0.131. The smallest absolute Gasteiger partial charge is 0.244 e. The summed E-state index contributed by atoms with van der Waals surface area (Å²) in [4.78, 5) is 16.1. The van der Waals surface area contributed by atoms with E-state index in [2.05, 4.69) is 34.7 Å². The molecule has 1 saturated heterocycles. The molecule has 4 heteroatoms. The highest BCUT2D eigenvalue weighted by Crippen LogP contribution is 2.52. The van der Waals surface area contributed by atoms with Gasteiger partial charge in [0.1, 0.15) is 11.7 Å². The topological polar surface area (TPSA) is 32.3 Å². The number of hydrogen-bond donors (Lipinski definition) is 1. The highest BCUT2D eigenvalue weighted by atomic mass is 32.1. The van der Waals surface area contributed by atoms with Gasteiger partial charge in [-0.25, -0.2) is 0 Å². The Hall–Kier alpha value is -0.870. The summed E-state index contributed by atoms with van der Waals surface area (Å²) >= 11 is 1.75. The van der Waals surface area contributed by atoms with Crippen LogP contribution in [0.1, 0.15) is 43.6 Å². The monoisotopic (exact) mass is 262 g/mol. The number of nitrogens with zero attached hydrogens (tertiary/aromatic N) is 1. The van der Waals surface area contributed by atoms with Crippen LogP contribution in [0.4, 0.5) is 0 Å². The Kier molecular flexibility index (Phi) is 2.19. The van der Waals surface area contributed by atoms with Gasteiger partial charge in [-0.2, -0.15) is 0 Å². The van der Waals surface area contributed by atoms with Crippen LogP contribution >= 0.6 is 11.3 Å². The Labute approximate surface area is 111 Å². The van der Waals surface area contributed by atoms with Crippen LogP contribution in [0, 0.1) is 5.92 Å². The molecule has 18 heavy (non-hydrogen) atoms. The lowest BCUT2D eigenvalue weighted by Gasteiger charge is -2.23. The Morgan fingerprint density at radius 1 is 1.56 bits per heavy atom. The van der Waals surface area contributed by atoms with Gasteiger partial charge in [-0.05, 0) is 36.6 Å². The molecule has 3 atom stereocenters. The van der Waals surface area contributed by atoms with Crippen molar-refractivity contribution in [1.29, 1.82) is 0 Å². The van der Waals surface area contributed by atoms with Gasteiger partial charge in [0.05, 0.1) is 0 Å². The summed E-state index contributed by atoms with van der Waals surface area (Å²) < 4.78 is 0. The number of hydrogen-bond acceptors (Lipinski definition) is 3. The van der Waals surface area contributed by atoms with Crippen LogP contribution in [0.3, 0.4) is 0 Å². The maximum absolute atomic E-state index is 12.6. The molecular weight excluding hydrogens is 244 g/mol. The number of nitrogens with one attached hydrogen (secondary N) is 1. The van der Waals surface area contributed by atoms with E-state index in [1.807, 2.05) is 0 Å². The minimum absolute atomic E-state index is 0.140. The molecule has 1 aliphatic heterocycles. The second-order valence-electron chi connectivity index (χ2n) is 5.83. The predicted octanol–water partition coefficient (Wildman–Crippen LogP) is 2.51. The molecule has 3 unspecified atom stereocenters. The van der Waals surface area contributed by atoms with E-state index in [0.29, 0.717) is 11.9 Å². The average Bonchev–Trinajstić information content (AvgIpc) is 3.24. The molecule has 2 saturated carbocycles. The van der Waals surface area contributed by atoms with E-state index in [9.17, 15) is 4.79 Å². The van der Waals surface area contributed by atoms with E-state index in [1.165, 1.54) is 17.7 Å². The third-order valence-corrected chi connectivity index (χ3v) is 5.59. The molecule has 0 radical (unpaired) electrons. The SMILES string of the molecule is CCC1CC1N1C(=O)C2(CC2)NC1c1cccs1. The Morgan fingerprint density at radius 2 is 2.39 bits per heavy atom. The number of carbonyl (C=O) groups is 1. The molecule has 1 aromatic rings. The van der Waals surface area contributed by atoms with Crippen molar-refractivity contribution in [1.82, 2.24) is 10.2 Å². The maximum atomic E-state index is 12.6. The van der Waals surface area contributed by atoms with Gasteiger partial charge in [0.2, 0.25) is 5.91 Å². The highest BCUT2D eigenvalue weighted by molar-refractivity contribution is 7.10. The highest BCUT2D eigenvalue weighted by Gasteiger charge is 2.63. The van der Waals surface area contributed by atoms with Crippen LogP contribution in [-0.2, 0) is 4.79 Å². The lowest BCUT2D eigenvalue weighted by atomic mass is 10.2. The van der Waals surface area contributed by atoms with Gasteiger partial charge < -0.3 is 4.90 Å². The number of thiophene rings is 1. The van der Waals surface area contributed by atoms with E-state index in [1.54, 1.807) is 11.3 Å². The van der Waals surface area contributed by atoms with Crippen molar-refractivity contribution in [2.24, 2.45) is 5.92 Å². The minimum Gasteiger partial charge on any atom is -0.317 e. The summed E-state index contributed by atoms with van der Waals surface area (Å²) in [6.07, 6.45) is 4.57. The van der Waals surface area contributed by atoms with Gasteiger partial charge in [0.25, 0.3) is 0 Å². The van der Waals surface area contributed by atoms with E-state index in [0.717, 1.165) is 18.8 Å².